The van der Waals surface area contributed by atoms with E-state index >= 15 is 0 Å². The lowest BCUT2D eigenvalue weighted by molar-refractivity contribution is -0.128. The maximum atomic E-state index is 11.9. The van der Waals surface area contributed by atoms with E-state index in [-0.39, 0.29) is 24.9 Å². The summed E-state index contributed by atoms with van der Waals surface area (Å²) in [5.41, 5.74) is 15.6. The average Bonchev–Trinajstić information content (AvgIpc) is 3.18. The second-order valence-corrected chi connectivity index (χ2v) is 12.7. The molecule has 3 unspecified atom stereocenters. The Morgan fingerprint density at radius 1 is 1.12 bits per heavy atom. The Hall–Kier alpha value is -2.04. The maximum absolute atomic E-state index is 11.9. The van der Waals surface area contributed by atoms with Crippen LogP contribution in [0.4, 0.5) is 0 Å². The van der Waals surface area contributed by atoms with Gasteiger partial charge in [0.15, 0.2) is 0 Å². The highest BCUT2D eigenvalue weighted by Crippen LogP contribution is 2.66. The second-order valence-electron chi connectivity index (χ2n) is 8.26. The number of phosphoric acid groups is 3. The van der Waals surface area contributed by atoms with Crippen LogP contribution < -0.4 is 22.5 Å². The minimum atomic E-state index is -5.74. The number of phosphoric ester groups is 1. The summed E-state index contributed by atoms with van der Waals surface area (Å²) in [6.07, 6.45) is -1.45. The molecule has 0 bridgehead atoms. The van der Waals surface area contributed by atoms with Crippen molar-refractivity contribution in [1.82, 2.24) is 10.2 Å². The van der Waals surface area contributed by atoms with Crippen LogP contribution in [0.25, 0.3) is 0 Å². The van der Waals surface area contributed by atoms with Gasteiger partial charge in [-0.3, -0.25) is 23.8 Å². The summed E-state index contributed by atoms with van der Waals surface area (Å²) in [6, 6.07) is -0.721. The van der Waals surface area contributed by atoms with E-state index in [2.05, 4.69) is 30.3 Å². The number of nitrogens with one attached hydrogen (secondary N) is 1. The number of hydrogen-bond acceptors (Lipinski definition) is 13. The fourth-order valence-corrected chi connectivity index (χ4v) is 6.08. The molecule has 1 aliphatic rings. The van der Waals surface area contributed by atoms with Crippen molar-refractivity contribution in [2.24, 2.45) is 17.2 Å². The molecule has 20 nitrogen and oxygen atoms in total. The summed E-state index contributed by atoms with van der Waals surface area (Å²) in [5.74, 6) is 3.54. The molecule has 1 saturated heterocycles. The van der Waals surface area contributed by atoms with Crippen molar-refractivity contribution in [2.75, 3.05) is 19.7 Å². The van der Waals surface area contributed by atoms with Gasteiger partial charge in [0.25, 0.3) is 5.91 Å². The van der Waals surface area contributed by atoms with Gasteiger partial charge >= 0.3 is 23.5 Å². The molecular weight excluding hydrogens is 619 g/mol. The van der Waals surface area contributed by atoms with E-state index in [0.717, 1.165) is 11.1 Å². The number of ether oxygens (including phenoxy) is 1. The molecule has 23 heteroatoms. The van der Waals surface area contributed by atoms with Crippen molar-refractivity contribution in [3.05, 3.63) is 11.8 Å². The minimum absolute atomic E-state index is 0.134. The molecule has 0 radical (unpaired) electrons. The number of rotatable bonds is 18. The molecule has 0 aromatic rings. The number of aliphatic hydroxyl groups is 1. The molecule has 1 fully saturated rings. The Balaban J connectivity index is 2.70. The summed E-state index contributed by atoms with van der Waals surface area (Å²) in [6.45, 7) is -0.304. The molecule has 3 amide bonds. The third-order valence-electron chi connectivity index (χ3n) is 4.94. The Morgan fingerprint density at radius 3 is 2.34 bits per heavy atom. The SMILES string of the molecule is NC(=O)/C(C#CCNCCCCC(N)C(N)=O)=C\N(C=O)[C@H]1C[C@@H](O)[C@@H](COP(=O)(O)OP(=O)(O)OP(=O)(O)O)O1. The highest BCUT2D eigenvalue weighted by molar-refractivity contribution is 7.66. The summed E-state index contributed by atoms with van der Waals surface area (Å²) in [7, 11) is -16.8. The van der Waals surface area contributed by atoms with Gasteiger partial charge in [0, 0.05) is 12.6 Å². The molecule has 0 aromatic heterocycles. The number of carbonyl (C=O) groups is 3. The number of aliphatic hydroxyl groups excluding tert-OH is 1. The summed E-state index contributed by atoms with van der Waals surface area (Å²) in [5, 5.41) is 13.1. The molecule has 6 atom stereocenters. The number of hydrogen-bond donors (Lipinski definition) is 9. The lowest BCUT2D eigenvalue weighted by atomic mass is 10.1. The predicted octanol–water partition coefficient (Wildman–Crippen LogP) is -2.79. The molecule has 1 rings (SSSR count). The Morgan fingerprint density at radius 2 is 1.78 bits per heavy atom. The molecular formula is C18H32N5O15P3. The number of primary amides is 2. The van der Waals surface area contributed by atoms with Gasteiger partial charge in [0.1, 0.15) is 17.9 Å². The molecule has 0 aliphatic carbocycles. The molecule has 0 spiro atoms. The van der Waals surface area contributed by atoms with Crippen LogP contribution in [-0.4, -0.2) is 92.0 Å². The second kappa shape index (κ2) is 16.6. The summed E-state index contributed by atoms with van der Waals surface area (Å²) < 4.78 is 50.9. The summed E-state index contributed by atoms with van der Waals surface area (Å²) >= 11 is 0. The first kappa shape index (κ1) is 37.0. The van der Waals surface area contributed by atoms with Crippen LogP contribution in [0.15, 0.2) is 11.8 Å². The topological polar surface area (TPSA) is 334 Å². The Kier molecular flexibility index (Phi) is 14.9. The largest absolute Gasteiger partial charge is 0.490 e. The van der Waals surface area contributed by atoms with Crippen LogP contribution >= 0.6 is 23.5 Å². The summed E-state index contributed by atoms with van der Waals surface area (Å²) in [4.78, 5) is 70.9. The average molecular weight is 651 g/mol. The standard InChI is InChI=1S/C18H32N5O15P3/c19-13(18(21)27)5-1-2-6-22-7-3-4-12(17(20)26)9-23(11-24)16-8-14(25)15(36-16)10-35-40(31,32)38-41(33,34)37-39(28,29)30/h9,11,13-16,22,25H,1-2,5-8,10,19H2,(H2,20,26)(H2,21,27)(H,31,32)(H,33,34)(H2,28,29,30)/b12-9-/t13?,14-,15-,16-/m1/s1. The molecule has 1 heterocycles. The van der Waals surface area contributed by atoms with E-state index < -0.39 is 66.4 Å². The lowest BCUT2D eigenvalue weighted by Crippen LogP contribution is -2.36. The van der Waals surface area contributed by atoms with E-state index in [1.54, 1.807) is 0 Å². The van der Waals surface area contributed by atoms with Crippen molar-refractivity contribution < 1.29 is 70.6 Å². The van der Waals surface area contributed by atoms with Gasteiger partial charge in [-0.1, -0.05) is 18.3 Å². The molecule has 0 aromatic carbocycles. The zero-order valence-electron chi connectivity index (χ0n) is 21.3. The third kappa shape index (κ3) is 15.1. The first-order valence-electron chi connectivity index (χ1n) is 11.5. The van der Waals surface area contributed by atoms with Crippen molar-refractivity contribution in [3.63, 3.8) is 0 Å². The smallest absolute Gasteiger partial charge is 0.390 e. The fraction of sp³-hybridized carbons (Fsp3) is 0.611. The molecule has 0 saturated carbocycles. The molecule has 1 aliphatic heterocycles. The van der Waals surface area contributed by atoms with Gasteiger partial charge in [-0.05, 0) is 19.4 Å². The van der Waals surface area contributed by atoms with Crippen LogP contribution in [0.3, 0.4) is 0 Å². The van der Waals surface area contributed by atoms with E-state index in [1.807, 2.05) is 0 Å². The monoisotopic (exact) mass is 651 g/mol. The van der Waals surface area contributed by atoms with Crippen molar-refractivity contribution in [1.29, 1.82) is 0 Å². The van der Waals surface area contributed by atoms with Crippen LogP contribution in [0.1, 0.15) is 25.7 Å². The fourth-order valence-electron chi connectivity index (χ4n) is 3.05. The van der Waals surface area contributed by atoms with E-state index in [0.29, 0.717) is 25.8 Å². The number of unbranched alkanes of at least 4 members (excludes halogenated alkanes) is 1. The van der Waals surface area contributed by atoms with Crippen LogP contribution in [0, 0.1) is 11.8 Å². The number of nitrogens with two attached hydrogens (primary N) is 3. The Labute approximate surface area is 233 Å². The van der Waals surface area contributed by atoms with Crippen molar-refractivity contribution >= 4 is 41.7 Å². The highest BCUT2D eigenvalue weighted by Gasteiger charge is 2.43. The minimum Gasteiger partial charge on any atom is -0.390 e. The van der Waals surface area contributed by atoms with Crippen molar-refractivity contribution in [3.8, 4) is 11.8 Å². The predicted molar refractivity (Wildman–Crippen MR) is 136 cm³/mol. The Bertz CT molecular complexity index is 1170. The molecule has 12 N–H and O–H groups in total. The first-order valence-corrected chi connectivity index (χ1v) is 16.0. The third-order valence-corrected chi connectivity index (χ3v) is 8.74. The number of carbonyl (C=O) groups excluding carboxylic acids is 3. The zero-order chi connectivity index (χ0) is 31.4. The molecule has 234 valence electrons. The highest BCUT2D eigenvalue weighted by atomic mass is 31.3. The molecule has 41 heavy (non-hydrogen) atoms. The van der Waals surface area contributed by atoms with E-state index in [9.17, 15) is 38.1 Å². The van der Waals surface area contributed by atoms with Crippen LogP contribution in [-0.2, 0) is 46.0 Å². The van der Waals surface area contributed by atoms with Gasteiger partial charge in [-0.2, -0.15) is 8.62 Å². The van der Waals surface area contributed by atoms with Crippen LogP contribution in [0.5, 0.6) is 0 Å². The van der Waals surface area contributed by atoms with E-state index in [1.165, 1.54) is 0 Å². The normalized spacial score (nSPS) is 23.0. The van der Waals surface area contributed by atoms with Gasteiger partial charge in [0.05, 0.1) is 25.3 Å². The lowest BCUT2D eigenvalue weighted by Gasteiger charge is -2.22. The van der Waals surface area contributed by atoms with Crippen molar-refractivity contribution in [2.45, 2.75) is 50.2 Å². The van der Waals surface area contributed by atoms with Gasteiger partial charge in [-0.25, -0.2) is 13.7 Å². The van der Waals surface area contributed by atoms with E-state index in [4.69, 9.17) is 36.6 Å². The zero-order valence-corrected chi connectivity index (χ0v) is 23.9. The van der Waals surface area contributed by atoms with Gasteiger partial charge < -0.3 is 51.9 Å². The van der Waals surface area contributed by atoms with Crippen LogP contribution in [0.2, 0.25) is 0 Å². The van der Waals surface area contributed by atoms with Gasteiger partial charge in [-0.15, -0.1) is 0 Å². The number of nitrogens with zero attached hydrogens (tertiary/aromatic N) is 1. The quantitative estimate of drug-likeness (QED) is 0.0238. The number of amides is 3. The van der Waals surface area contributed by atoms with Gasteiger partial charge in [0.2, 0.25) is 12.3 Å². The first-order chi connectivity index (χ1) is 18.9. The maximum Gasteiger partial charge on any atom is 0.490 e.